The zero-order chi connectivity index (χ0) is 22.9. The Balaban J connectivity index is 1.88. The number of nitrogens with two attached hydrogens (primary N) is 1. The predicted octanol–water partition coefficient (Wildman–Crippen LogP) is 6.10. The Kier molecular flexibility index (Phi) is 6.06. The average Bonchev–Trinajstić information content (AvgIpc) is 3.10. The minimum Gasteiger partial charge on any atom is -0.396 e. The van der Waals surface area contributed by atoms with E-state index < -0.39 is 9.84 Å². The third kappa shape index (κ3) is 4.27. The van der Waals surface area contributed by atoms with Crippen molar-refractivity contribution in [3.8, 4) is 0 Å². The average molecular weight is 483 g/mol. The number of carbonyl (C=O) groups excluding carboxylic acids is 1. The number of nitrogens with one attached hydrogen (secondary N) is 1. The summed E-state index contributed by atoms with van der Waals surface area (Å²) in [7, 11) is -3.99. The second-order valence-corrected chi connectivity index (χ2v) is 10.5. The number of anilines is 3. The van der Waals surface area contributed by atoms with Gasteiger partial charge in [0.1, 0.15) is 14.8 Å². The third-order valence-corrected chi connectivity index (χ3v) is 8.16. The molecule has 32 heavy (non-hydrogen) atoms. The highest BCUT2D eigenvalue weighted by Crippen LogP contribution is 2.44. The van der Waals surface area contributed by atoms with Gasteiger partial charge in [0.25, 0.3) is 0 Å². The van der Waals surface area contributed by atoms with Crippen LogP contribution in [0, 0.1) is 6.92 Å². The van der Waals surface area contributed by atoms with Crippen molar-refractivity contribution in [3.63, 3.8) is 0 Å². The van der Waals surface area contributed by atoms with E-state index in [0.29, 0.717) is 16.3 Å². The maximum absolute atomic E-state index is 13.5. The van der Waals surface area contributed by atoms with Gasteiger partial charge in [0.2, 0.25) is 15.6 Å². The number of benzene rings is 3. The molecule has 3 N–H and O–H groups in total. The van der Waals surface area contributed by atoms with Crippen LogP contribution in [-0.2, 0) is 9.84 Å². The summed E-state index contributed by atoms with van der Waals surface area (Å²) in [4.78, 5) is 13.3. The summed E-state index contributed by atoms with van der Waals surface area (Å²) in [6.07, 6.45) is 0. The first-order valence-corrected chi connectivity index (χ1v) is 12.3. The van der Waals surface area contributed by atoms with Gasteiger partial charge in [-0.05, 0) is 37.3 Å². The summed E-state index contributed by atoms with van der Waals surface area (Å²) in [5.41, 5.74) is 8.27. The van der Waals surface area contributed by atoms with Crippen molar-refractivity contribution < 1.29 is 13.2 Å². The van der Waals surface area contributed by atoms with Crippen LogP contribution in [0.1, 0.15) is 20.8 Å². The Bertz CT molecular complexity index is 1400. The monoisotopic (exact) mass is 482 g/mol. The zero-order valence-electron chi connectivity index (χ0n) is 17.0. The first-order valence-electron chi connectivity index (χ1n) is 9.64. The lowest BCUT2D eigenvalue weighted by Crippen LogP contribution is -2.08. The largest absolute Gasteiger partial charge is 0.396 e. The molecule has 162 valence electrons. The van der Waals surface area contributed by atoms with Crippen LogP contribution in [0.15, 0.2) is 88.7 Å². The van der Waals surface area contributed by atoms with Gasteiger partial charge < -0.3 is 11.1 Å². The summed E-state index contributed by atoms with van der Waals surface area (Å²) >= 11 is 7.09. The molecule has 4 aromatic rings. The van der Waals surface area contributed by atoms with Crippen molar-refractivity contribution in [2.75, 3.05) is 11.1 Å². The number of halogens is 1. The van der Waals surface area contributed by atoms with Gasteiger partial charge in [-0.1, -0.05) is 65.7 Å². The van der Waals surface area contributed by atoms with Crippen LogP contribution in [-0.4, -0.2) is 14.2 Å². The van der Waals surface area contributed by atoms with E-state index in [-0.39, 0.29) is 31.1 Å². The number of carbonyl (C=O) groups is 1. The van der Waals surface area contributed by atoms with Crippen LogP contribution in [0.2, 0.25) is 5.02 Å². The van der Waals surface area contributed by atoms with Crippen LogP contribution in [0.4, 0.5) is 16.4 Å². The minimum atomic E-state index is -3.99. The Morgan fingerprint density at radius 3 is 2.31 bits per heavy atom. The fraction of sp³-hybridized carbons (Fsp3) is 0.0417. The van der Waals surface area contributed by atoms with Crippen molar-refractivity contribution in [2.45, 2.75) is 16.7 Å². The molecule has 0 aliphatic rings. The Labute approximate surface area is 195 Å². The molecule has 0 saturated heterocycles. The topological polar surface area (TPSA) is 89.3 Å². The highest BCUT2D eigenvalue weighted by molar-refractivity contribution is 7.92. The quantitative estimate of drug-likeness (QED) is 0.324. The summed E-state index contributed by atoms with van der Waals surface area (Å²) in [6, 6.07) is 21.9. The standard InChI is InChI=1S/C24H19ClN2O3S2/c1-15-10-12-16(13-11-15)21(28)22-20(26)23(32(29,30)19-8-3-2-4-9-19)24(31-22)27-18-7-5-6-17(25)14-18/h2-14,27H,26H2,1H3. The first-order chi connectivity index (χ1) is 15.3. The van der Waals surface area contributed by atoms with E-state index in [1.807, 2.05) is 19.1 Å². The number of aryl methyl sites for hydroxylation is 1. The molecule has 1 heterocycles. The number of hydrogen-bond acceptors (Lipinski definition) is 6. The molecule has 0 aliphatic heterocycles. The van der Waals surface area contributed by atoms with Gasteiger partial charge in [0, 0.05) is 16.3 Å². The van der Waals surface area contributed by atoms with Crippen LogP contribution in [0.25, 0.3) is 0 Å². The molecule has 0 amide bonds. The molecular weight excluding hydrogens is 464 g/mol. The number of sulfone groups is 1. The molecular formula is C24H19ClN2O3S2. The molecule has 4 rings (SSSR count). The lowest BCUT2D eigenvalue weighted by atomic mass is 10.1. The summed E-state index contributed by atoms with van der Waals surface area (Å²) in [5, 5.41) is 3.83. The first kappa shape index (κ1) is 22.1. The van der Waals surface area contributed by atoms with Crippen LogP contribution in [0.5, 0.6) is 0 Å². The van der Waals surface area contributed by atoms with E-state index in [1.165, 1.54) is 12.1 Å². The molecule has 0 saturated carbocycles. The maximum atomic E-state index is 13.5. The SMILES string of the molecule is Cc1ccc(C(=O)c2sc(Nc3cccc(Cl)c3)c(S(=O)(=O)c3ccccc3)c2N)cc1. The number of thiophene rings is 1. The summed E-state index contributed by atoms with van der Waals surface area (Å²) < 4.78 is 27.0. The van der Waals surface area contributed by atoms with E-state index in [1.54, 1.807) is 54.6 Å². The van der Waals surface area contributed by atoms with Crippen LogP contribution >= 0.6 is 22.9 Å². The van der Waals surface area contributed by atoms with Crippen LogP contribution in [0.3, 0.4) is 0 Å². The second kappa shape index (κ2) is 8.78. The normalized spacial score (nSPS) is 11.3. The molecule has 5 nitrogen and oxygen atoms in total. The van der Waals surface area contributed by atoms with Crippen molar-refractivity contribution in [1.82, 2.24) is 0 Å². The maximum Gasteiger partial charge on any atom is 0.211 e. The van der Waals surface area contributed by atoms with Gasteiger partial charge in [-0.25, -0.2) is 8.42 Å². The molecule has 0 bridgehead atoms. The van der Waals surface area contributed by atoms with Gasteiger partial charge in [0.05, 0.1) is 10.6 Å². The smallest absolute Gasteiger partial charge is 0.211 e. The van der Waals surface area contributed by atoms with E-state index in [2.05, 4.69) is 5.32 Å². The number of hydrogen-bond donors (Lipinski definition) is 2. The van der Waals surface area contributed by atoms with Gasteiger partial charge >= 0.3 is 0 Å². The minimum absolute atomic E-state index is 0.0750. The Morgan fingerprint density at radius 1 is 0.969 bits per heavy atom. The second-order valence-electron chi connectivity index (χ2n) is 7.15. The summed E-state index contributed by atoms with van der Waals surface area (Å²) in [5.74, 6) is -0.337. The molecule has 0 aliphatic carbocycles. The van der Waals surface area contributed by atoms with Crippen molar-refractivity contribution in [3.05, 3.63) is 99.9 Å². The number of ketones is 1. The van der Waals surface area contributed by atoms with Crippen LogP contribution < -0.4 is 11.1 Å². The highest BCUT2D eigenvalue weighted by Gasteiger charge is 2.31. The predicted molar refractivity (Wildman–Crippen MR) is 130 cm³/mol. The molecule has 0 atom stereocenters. The highest BCUT2D eigenvalue weighted by atomic mass is 35.5. The molecule has 3 aromatic carbocycles. The number of nitrogen functional groups attached to an aromatic ring is 1. The number of rotatable bonds is 6. The van der Waals surface area contributed by atoms with Crippen molar-refractivity contribution in [1.29, 1.82) is 0 Å². The van der Waals surface area contributed by atoms with Crippen molar-refractivity contribution in [2.24, 2.45) is 0 Å². The molecule has 0 fully saturated rings. The molecule has 8 heteroatoms. The van der Waals surface area contributed by atoms with E-state index in [0.717, 1.165) is 16.9 Å². The van der Waals surface area contributed by atoms with Crippen molar-refractivity contribution >= 4 is 54.9 Å². The van der Waals surface area contributed by atoms with E-state index >= 15 is 0 Å². The van der Waals surface area contributed by atoms with Gasteiger partial charge in [0.15, 0.2) is 0 Å². The van der Waals surface area contributed by atoms with Gasteiger partial charge in [-0.2, -0.15) is 0 Å². The molecule has 0 spiro atoms. The zero-order valence-corrected chi connectivity index (χ0v) is 19.4. The van der Waals surface area contributed by atoms with Gasteiger partial charge in [-0.3, -0.25) is 4.79 Å². The molecule has 1 aromatic heterocycles. The molecule has 0 radical (unpaired) electrons. The Morgan fingerprint density at radius 2 is 1.66 bits per heavy atom. The van der Waals surface area contributed by atoms with E-state index in [4.69, 9.17) is 17.3 Å². The fourth-order valence-corrected chi connectivity index (χ4v) is 6.34. The Hall–Kier alpha value is -3.13. The van der Waals surface area contributed by atoms with Gasteiger partial charge in [-0.15, -0.1) is 11.3 Å². The summed E-state index contributed by atoms with van der Waals surface area (Å²) in [6.45, 7) is 1.92. The van der Waals surface area contributed by atoms with E-state index in [9.17, 15) is 13.2 Å². The third-order valence-electron chi connectivity index (χ3n) is 4.82. The molecule has 0 unspecified atom stereocenters. The fourth-order valence-electron chi connectivity index (χ4n) is 3.20. The lowest BCUT2D eigenvalue weighted by molar-refractivity contribution is 0.104. The lowest BCUT2D eigenvalue weighted by Gasteiger charge is -2.10.